The summed E-state index contributed by atoms with van der Waals surface area (Å²) in [6.45, 7) is 3.46. The Morgan fingerprint density at radius 2 is 2.21 bits per heavy atom. The molecule has 0 radical (unpaired) electrons. The fourth-order valence-electron chi connectivity index (χ4n) is 1.43. The zero-order valence-electron chi connectivity index (χ0n) is 10.5. The van der Waals surface area contributed by atoms with Crippen molar-refractivity contribution in [2.75, 3.05) is 5.32 Å². The first-order valence-electron chi connectivity index (χ1n) is 5.71. The maximum atomic E-state index is 13.5. The Labute approximate surface area is 114 Å². The van der Waals surface area contributed by atoms with Crippen molar-refractivity contribution < 1.29 is 13.7 Å². The molecule has 6 heteroatoms. The molecule has 100 valence electrons. The summed E-state index contributed by atoms with van der Waals surface area (Å²) in [5, 5.41) is 5.82. The van der Waals surface area contributed by atoms with Gasteiger partial charge in [-0.25, -0.2) is 4.39 Å². The van der Waals surface area contributed by atoms with Gasteiger partial charge in [0.2, 0.25) is 11.8 Å². The van der Waals surface area contributed by atoms with E-state index in [0.29, 0.717) is 16.5 Å². The van der Waals surface area contributed by atoms with E-state index in [4.69, 9.17) is 4.52 Å². The summed E-state index contributed by atoms with van der Waals surface area (Å²) in [5.74, 6) is -0.296. The fourth-order valence-corrected chi connectivity index (χ4v) is 2.31. The zero-order valence-corrected chi connectivity index (χ0v) is 11.3. The van der Waals surface area contributed by atoms with Crippen molar-refractivity contribution >= 4 is 23.6 Å². The topological polar surface area (TPSA) is 55.1 Å². The van der Waals surface area contributed by atoms with Gasteiger partial charge in [-0.2, -0.15) is 0 Å². The van der Waals surface area contributed by atoms with Gasteiger partial charge in [0.05, 0.1) is 10.9 Å². The van der Waals surface area contributed by atoms with Gasteiger partial charge in [0.15, 0.2) is 0 Å². The first kappa shape index (κ1) is 13.6. The van der Waals surface area contributed by atoms with E-state index in [1.54, 1.807) is 38.1 Å². The molecule has 0 aliphatic carbocycles. The van der Waals surface area contributed by atoms with Crippen LogP contribution in [0.4, 0.5) is 10.3 Å². The van der Waals surface area contributed by atoms with Crippen molar-refractivity contribution in [1.29, 1.82) is 0 Å². The molecule has 1 heterocycles. The number of nitrogens with one attached hydrogen (secondary N) is 1. The van der Waals surface area contributed by atoms with E-state index in [0.717, 1.165) is 11.8 Å². The van der Waals surface area contributed by atoms with Crippen molar-refractivity contribution in [2.24, 2.45) is 0 Å². The number of anilines is 1. The number of carbonyl (C=O) groups is 1. The molecule has 1 N–H and O–H groups in total. The number of rotatable bonds is 4. The minimum absolute atomic E-state index is 0.260. The first-order chi connectivity index (χ1) is 9.06. The highest BCUT2D eigenvalue weighted by molar-refractivity contribution is 8.00. The van der Waals surface area contributed by atoms with Gasteiger partial charge in [-0.05, 0) is 26.0 Å². The van der Waals surface area contributed by atoms with E-state index in [-0.39, 0.29) is 11.7 Å². The first-order valence-corrected chi connectivity index (χ1v) is 6.59. The second-order valence-corrected chi connectivity index (χ2v) is 5.39. The van der Waals surface area contributed by atoms with Gasteiger partial charge < -0.3 is 4.52 Å². The van der Waals surface area contributed by atoms with E-state index in [2.05, 4.69) is 10.5 Å². The second-order valence-electron chi connectivity index (χ2n) is 4.01. The van der Waals surface area contributed by atoms with Gasteiger partial charge in [0.1, 0.15) is 5.82 Å². The molecule has 2 rings (SSSR count). The van der Waals surface area contributed by atoms with Gasteiger partial charge in [0.25, 0.3) is 0 Å². The Morgan fingerprint density at radius 1 is 1.47 bits per heavy atom. The maximum absolute atomic E-state index is 13.5. The highest BCUT2D eigenvalue weighted by Crippen LogP contribution is 2.26. The smallest absolute Gasteiger partial charge is 0.239 e. The summed E-state index contributed by atoms with van der Waals surface area (Å²) < 4.78 is 18.4. The summed E-state index contributed by atoms with van der Waals surface area (Å²) in [5.41, 5.74) is 0.685. The Kier molecular flexibility index (Phi) is 4.21. The third-order valence-corrected chi connectivity index (χ3v) is 3.54. The summed E-state index contributed by atoms with van der Waals surface area (Å²) in [7, 11) is 0. The third-order valence-electron chi connectivity index (χ3n) is 2.38. The monoisotopic (exact) mass is 280 g/mol. The van der Waals surface area contributed by atoms with Gasteiger partial charge in [0, 0.05) is 11.0 Å². The number of thioether (sulfide) groups is 1. The summed E-state index contributed by atoms with van der Waals surface area (Å²) >= 11 is 1.16. The quantitative estimate of drug-likeness (QED) is 0.873. The molecular formula is C13H13FN2O2S. The SMILES string of the molecule is Cc1cc(NC(=O)[C@H](C)Sc2ccccc2F)on1. The van der Waals surface area contributed by atoms with Crippen LogP contribution >= 0.6 is 11.8 Å². The normalized spacial score (nSPS) is 12.2. The molecule has 0 spiro atoms. The molecule has 1 aromatic heterocycles. The predicted molar refractivity (Wildman–Crippen MR) is 71.6 cm³/mol. The third kappa shape index (κ3) is 3.57. The number of halogens is 1. The lowest BCUT2D eigenvalue weighted by molar-refractivity contribution is -0.115. The minimum Gasteiger partial charge on any atom is -0.338 e. The fraction of sp³-hybridized carbons (Fsp3) is 0.231. The Hall–Kier alpha value is -1.82. The standard InChI is InChI=1S/C13H13FN2O2S/c1-8-7-12(18-16-8)15-13(17)9(2)19-11-6-4-3-5-10(11)14/h3-7,9H,1-2H3,(H,15,17)/t9-/m0/s1. The minimum atomic E-state index is -0.442. The average molecular weight is 280 g/mol. The Morgan fingerprint density at radius 3 is 2.84 bits per heavy atom. The molecule has 4 nitrogen and oxygen atoms in total. The zero-order chi connectivity index (χ0) is 13.8. The largest absolute Gasteiger partial charge is 0.338 e. The lowest BCUT2D eigenvalue weighted by atomic mass is 10.3. The summed E-state index contributed by atoms with van der Waals surface area (Å²) in [4.78, 5) is 12.3. The van der Waals surface area contributed by atoms with Crippen LogP contribution in [0, 0.1) is 12.7 Å². The van der Waals surface area contributed by atoms with Crippen molar-refractivity contribution in [3.05, 3.63) is 41.8 Å². The number of hydrogen-bond donors (Lipinski definition) is 1. The molecule has 1 atom stereocenters. The van der Waals surface area contributed by atoms with Crippen LogP contribution in [0.3, 0.4) is 0 Å². The molecule has 0 aliphatic heterocycles. The molecule has 1 amide bonds. The van der Waals surface area contributed by atoms with E-state index in [1.807, 2.05) is 0 Å². The van der Waals surface area contributed by atoms with Gasteiger partial charge in [-0.15, -0.1) is 11.8 Å². The molecule has 0 unspecified atom stereocenters. The Balaban J connectivity index is 1.98. The van der Waals surface area contributed by atoms with E-state index in [1.165, 1.54) is 6.07 Å². The molecule has 0 bridgehead atoms. The highest BCUT2D eigenvalue weighted by Gasteiger charge is 2.17. The van der Waals surface area contributed by atoms with Gasteiger partial charge >= 0.3 is 0 Å². The molecule has 0 saturated carbocycles. The Bertz CT molecular complexity index is 586. The molecular weight excluding hydrogens is 267 g/mol. The van der Waals surface area contributed by atoms with Crippen molar-refractivity contribution in [3.8, 4) is 0 Å². The lowest BCUT2D eigenvalue weighted by Crippen LogP contribution is -2.22. The number of hydrogen-bond acceptors (Lipinski definition) is 4. The molecule has 1 aromatic carbocycles. The number of amides is 1. The van der Waals surface area contributed by atoms with Crippen LogP contribution in [0.15, 0.2) is 39.8 Å². The number of aromatic nitrogens is 1. The van der Waals surface area contributed by atoms with Gasteiger partial charge in [-0.3, -0.25) is 10.1 Å². The van der Waals surface area contributed by atoms with E-state index >= 15 is 0 Å². The predicted octanol–water partition coefficient (Wildman–Crippen LogP) is 3.24. The van der Waals surface area contributed by atoms with Gasteiger partial charge in [-0.1, -0.05) is 17.3 Å². The number of aryl methyl sites for hydroxylation is 1. The number of benzene rings is 1. The highest BCUT2D eigenvalue weighted by atomic mass is 32.2. The summed E-state index contributed by atoms with van der Waals surface area (Å²) in [6, 6.07) is 7.98. The van der Waals surface area contributed by atoms with Crippen LogP contribution in [0.2, 0.25) is 0 Å². The average Bonchev–Trinajstić information content (AvgIpc) is 2.77. The summed E-state index contributed by atoms with van der Waals surface area (Å²) in [6.07, 6.45) is 0. The van der Waals surface area contributed by atoms with Crippen molar-refractivity contribution in [1.82, 2.24) is 5.16 Å². The number of nitrogens with zero attached hydrogens (tertiary/aromatic N) is 1. The van der Waals surface area contributed by atoms with Crippen LogP contribution in [0.5, 0.6) is 0 Å². The van der Waals surface area contributed by atoms with Crippen molar-refractivity contribution in [2.45, 2.75) is 24.0 Å². The van der Waals surface area contributed by atoms with Crippen LogP contribution in [0.25, 0.3) is 0 Å². The molecule has 0 saturated heterocycles. The molecule has 0 aliphatic rings. The second kappa shape index (κ2) is 5.88. The van der Waals surface area contributed by atoms with Crippen LogP contribution in [0.1, 0.15) is 12.6 Å². The van der Waals surface area contributed by atoms with E-state index in [9.17, 15) is 9.18 Å². The lowest BCUT2D eigenvalue weighted by Gasteiger charge is -2.10. The molecule has 19 heavy (non-hydrogen) atoms. The van der Waals surface area contributed by atoms with Crippen molar-refractivity contribution in [3.63, 3.8) is 0 Å². The van der Waals surface area contributed by atoms with Crippen LogP contribution in [-0.2, 0) is 4.79 Å². The van der Waals surface area contributed by atoms with Crippen LogP contribution < -0.4 is 5.32 Å². The number of carbonyl (C=O) groups excluding carboxylic acids is 1. The molecule has 2 aromatic rings. The molecule has 0 fully saturated rings. The van der Waals surface area contributed by atoms with Crippen LogP contribution in [-0.4, -0.2) is 16.3 Å². The van der Waals surface area contributed by atoms with E-state index < -0.39 is 5.25 Å². The maximum Gasteiger partial charge on any atom is 0.239 e.